The molecule has 0 bridgehead atoms. The number of methoxy groups -OCH3 is 3. The lowest BCUT2D eigenvalue weighted by Crippen LogP contribution is -2.54. The number of hydrogen-bond acceptors (Lipinski definition) is 7. The summed E-state index contributed by atoms with van der Waals surface area (Å²) in [6.45, 7) is 6.58. The van der Waals surface area contributed by atoms with Gasteiger partial charge in [0.25, 0.3) is 10.0 Å². The second kappa shape index (κ2) is 14.0. The highest BCUT2D eigenvalue weighted by Gasteiger charge is 2.34. The zero-order valence-electron chi connectivity index (χ0n) is 25.4. The van der Waals surface area contributed by atoms with Crippen LogP contribution in [0.25, 0.3) is 0 Å². The molecule has 1 N–H and O–H groups in total. The first kappa shape index (κ1) is 33.5. The summed E-state index contributed by atoms with van der Waals surface area (Å²) in [7, 11) is 0.0721. The van der Waals surface area contributed by atoms with Crippen LogP contribution in [0.4, 0.5) is 5.69 Å². The number of halogens is 1. The molecule has 0 radical (unpaired) electrons. The van der Waals surface area contributed by atoms with Crippen LogP contribution in [0.3, 0.4) is 0 Å². The molecule has 232 valence electrons. The SMILES string of the molecule is COc1ccc(CN(C(=O)CN(c2ccc(Cl)cc2)S(=O)(=O)c2ccc(OC)c(OC)c2)[C@H](C)C(=O)NC(C)(C)C)cc1. The molecule has 0 spiro atoms. The summed E-state index contributed by atoms with van der Waals surface area (Å²) in [5, 5.41) is 3.30. The number of carbonyl (C=O) groups excluding carboxylic acids is 2. The second-order valence-corrected chi connectivity index (χ2v) is 13.1. The van der Waals surface area contributed by atoms with E-state index < -0.39 is 34.1 Å². The van der Waals surface area contributed by atoms with Crippen molar-refractivity contribution in [1.29, 1.82) is 0 Å². The fraction of sp³-hybridized carbons (Fsp3) is 0.355. The van der Waals surface area contributed by atoms with E-state index in [2.05, 4.69) is 5.32 Å². The van der Waals surface area contributed by atoms with E-state index >= 15 is 0 Å². The number of nitrogens with one attached hydrogen (secondary N) is 1. The third kappa shape index (κ3) is 8.55. The van der Waals surface area contributed by atoms with Gasteiger partial charge in [-0.2, -0.15) is 0 Å². The summed E-state index contributed by atoms with van der Waals surface area (Å²) in [6.07, 6.45) is 0. The highest BCUT2D eigenvalue weighted by atomic mass is 35.5. The van der Waals surface area contributed by atoms with Crippen molar-refractivity contribution < 1.29 is 32.2 Å². The first-order chi connectivity index (χ1) is 20.2. The molecule has 3 rings (SSSR count). The lowest BCUT2D eigenvalue weighted by molar-refractivity contribution is -0.140. The van der Waals surface area contributed by atoms with E-state index in [1.807, 2.05) is 20.8 Å². The molecule has 0 saturated carbocycles. The second-order valence-electron chi connectivity index (χ2n) is 10.8. The van der Waals surface area contributed by atoms with Crippen molar-refractivity contribution in [3.8, 4) is 17.2 Å². The molecule has 0 aliphatic rings. The van der Waals surface area contributed by atoms with Gasteiger partial charge in [-0.05, 0) is 81.8 Å². The van der Waals surface area contributed by atoms with Crippen molar-refractivity contribution in [1.82, 2.24) is 10.2 Å². The molecule has 0 unspecified atom stereocenters. The summed E-state index contributed by atoms with van der Waals surface area (Å²) in [5.41, 5.74) is 0.390. The summed E-state index contributed by atoms with van der Waals surface area (Å²) < 4.78 is 45.0. The fourth-order valence-corrected chi connectivity index (χ4v) is 5.78. The maximum Gasteiger partial charge on any atom is 0.264 e. The van der Waals surface area contributed by atoms with E-state index in [0.717, 1.165) is 9.87 Å². The Kier molecular flexibility index (Phi) is 10.9. The van der Waals surface area contributed by atoms with Crippen LogP contribution in [0.1, 0.15) is 33.3 Å². The molecule has 0 aliphatic heterocycles. The molecule has 3 aromatic carbocycles. The lowest BCUT2D eigenvalue weighted by atomic mass is 10.1. The molecule has 0 fully saturated rings. The molecule has 1 atom stereocenters. The van der Waals surface area contributed by atoms with Gasteiger partial charge in [0.05, 0.1) is 31.9 Å². The maximum atomic E-state index is 14.1. The van der Waals surface area contributed by atoms with Crippen molar-refractivity contribution in [2.45, 2.75) is 50.7 Å². The van der Waals surface area contributed by atoms with Crippen molar-refractivity contribution >= 4 is 39.1 Å². The molecule has 43 heavy (non-hydrogen) atoms. The number of sulfonamides is 1. The van der Waals surface area contributed by atoms with E-state index in [9.17, 15) is 18.0 Å². The summed E-state index contributed by atoms with van der Waals surface area (Å²) >= 11 is 6.09. The summed E-state index contributed by atoms with van der Waals surface area (Å²) in [4.78, 5) is 28.6. The van der Waals surface area contributed by atoms with Crippen molar-refractivity contribution in [2.24, 2.45) is 0 Å². The minimum absolute atomic E-state index is 0.0480. The van der Waals surface area contributed by atoms with Crippen molar-refractivity contribution in [2.75, 3.05) is 32.2 Å². The first-order valence-electron chi connectivity index (χ1n) is 13.4. The van der Waals surface area contributed by atoms with Crippen LogP contribution in [0, 0.1) is 0 Å². The first-order valence-corrected chi connectivity index (χ1v) is 15.3. The summed E-state index contributed by atoms with van der Waals surface area (Å²) in [6, 6.07) is 16.4. The molecular weight excluding hydrogens is 594 g/mol. The Labute approximate surface area is 258 Å². The van der Waals surface area contributed by atoms with Crippen LogP contribution in [0.2, 0.25) is 5.02 Å². The Morgan fingerprint density at radius 3 is 2.02 bits per heavy atom. The number of rotatable bonds is 12. The molecule has 10 nitrogen and oxygen atoms in total. The van der Waals surface area contributed by atoms with Crippen LogP contribution in [-0.2, 0) is 26.2 Å². The molecule has 12 heteroatoms. The van der Waals surface area contributed by atoms with Crippen LogP contribution >= 0.6 is 11.6 Å². The predicted octanol–water partition coefficient (Wildman–Crippen LogP) is 4.89. The van der Waals surface area contributed by atoms with Gasteiger partial charge in [-0.3, -0.25) is 13.9 Å². The Bertz CT molecular complexity index is 1520. The Morgan fingerprint density at radius 1 is 0.884 bits per heavy atom. The summed E-state index contributed by atoms with van der Waals surface area (Å²) in [5.74, 6) is 0.219. The number of hydrogen-bond donors (Lipinski definition) is 1. The molecule has 0 heterocycles. The number of amides is 2. The van der Waals surface area contributed by atoms with Gasteiger partial charge in [0.15, 0.2) is 11.5 Å². The van der Waals surface area contributed by atoms with Gasteiger partial charge in [0.1, 0.15) is 18.3 Å². The van der Waals surface area contributed by atoms with E-state index in [4.69, 9.17) is 25.8 Å². The average molecular weight is 632 g/mol. The third-order valence-electron chi connectivity index (χ3n) is 6.51. The van der Waals surface area contributed by atoms with Crippen LogP contribution < -0.4 is 23.8 Å². The minimum Gasteiger partial charge on any atom is -0.497 e. The third-order valence-corrected chi connectivity index (χ3v) is 8.54. The number of ether oxygens (including phenoxy) is 3. The largest absolute Gasteiger partial charge is 0.497 e. The van der Waals surface area contributed by atoms with E-state index in [0.29, 0.717) is 16.5 Å². The number of carbonyl (C=O) groups is 2. The quantitative estimate of drug-likeness (QED) is 0.303. The predicted molar refractivity (Wildman–Crippen MR) is 166 cm³/mol. The highest BCUT2D eigenvalue weighted by molar-refractivity contribution is 7.92. The Morgan fingerprint density at radius 2 is 1.49 bits per heavy atom. The fourth-order valence-electron chi connectivity index (χ4n) is 4.22. The average Bonchev–Trinajstić information content (AvgIpc) is 2.97. The molecule has 0 aliphatic carbocycles. The topological polar surface area (TPSA) is 114 Å². The van der Waals surface area contributed by atoms with Gasteiger partial charge >= 0.3 is 0 Å². The Balaban J connectivity index is 2.07. The van der Waals surface area contributed by atoms with Gasteiger partial charge in [-0.1, -0.05) is 23.7 Å². The normalized spacial score (nSPS) is 12.2. The van der Waals surface area contributed by atoms with Crippen LogP contribution in [0.15, 0.2) is 71.6 Å². The van der Waals surface area contributed by atoms with Crippen LogP contribution in [-0.4, -0.2) is 64.6 Å². The van der Waals surface area contributed by atoms with Gasteiger partial charge in [-0.25, -0.2) is 8.42 Å². The van der Waals surface area contributed by atoms with Crippen molar-refractivity contribution in [3.63, 3.8) is 0 Å². The van der Waals surface area contributed by atoms with E-state index in [-0.39, 0.29) is 28.8 Å². The minimum atomic E-state index is -4.32. The number of nitrogens with zero attached hydrogens (tertiary/aromatic N) is 2. The van der Waals surface area contributed by atoms with Crippen molar-refractivity contribution in [3.05, 3.63) is 77.3 Å². The van der Waals surface area contributed by atoms with Gasteiger partial charge in [0.2, 0.25) is 11.8 Å². The van der Waals surface area contributed by atoms with E-state index in [1.54, 1.807) is 38.3 Å². The number of benzene rings is 3. The zero-order chi connectivity index (χ0) is 31.9. The van der Waals surface area contributed by atoms with E-state index in [1.165, 1.54) is 61.6 Å². The zero-order valence-corrected chi connectivity index (χ0v) is 27.0. The van der Waals surface area contributed by atoms with Gasteiger partial charge in [-0.15, -0.1) is 0 Å². The Hall–Kier alpha value is -3.96. The van der Waals surface area contributed by atoms with Crippen LogP contribution in [0.5, 0.6) is 17.2 Å². The molecule has 0 aromatic heterocycles. The van der Waals surface area contributed by atoms with Gasteiger partial charge < -0.3 is 24.4 Å². The lowest BCUT2D eigenvalue weighted by Gasteiger charge is -2.33. The molecule has 3 aromatic rings. The number of anilines is 1. The monoisotopic (exact) mass is 631 g/mol. The highest BCUT2D eigenvalue weighted by Crippen LogP contribution is 2.32. The molecule has 2 amide bonds. The smallest absolute Gasteiger partial charge is 0.264 e. The molecular formula is C31H38ClN3O7S. The standard InChI is InChI=1S/C31H38ClN3O7S/c1-21(30(37)33-31(2,3)4)34(19-22-8-14-25(40-5)15-9-22)29(36)20-35(24-12-10-23(32)11-13-24)43(38,39)26-16-17-27(41-6)28(18-26)42-7/h8-18,21H,19-20H2,1-7H3,(H,33,37)/t21-/m1/s1. The maximum absolute atomic E-state index is 14.1. The van der Waals surface area contributed by atoms with Gasteiger partial charge in [0, 0.05) is 23.2 Å². The molecule has 0 saturated heterocycles.